The Morgan fingerprint density at radius 1 is 1.28 bits per heavy atom. The highest BCUT2D eigenvalue weighted by Gasteiger charge is 2.25. The van der Waals surface area contributed by atoms with Gasteiger partial charge in [0.2, 0.25) is 11.7 Å². The SMILES string of the molecule is CC(C)n1c(S[C@@H](C)C(=O)NC2CCCCC2)nnc1-c1ccco1. The van der Waals surface area contributed by atoms with E-state index in [1.165, 1.54) is 31.0 Å². The van der Waals surface area contributed by atoms with Crippen molar-refractivity contribution in [2.45, 2.75) is 75.4 Å². The van der Waals surface area contributed by atoms with E-state index >= 15 is 0 Å². The summed E-state index contributed by atoms with van der Waals surface area (Å²) in [4.78, 5) is 12.5. The van der Waals surface area contributed by atoms with E-state index in [4.69, 9.17) is 4.42 Å². The molecule has 3 rings (SSSR count). The summed E-state index contributed by atoms with van der Waals surface area (Å²) in [5, 5.41) is 12.3. The molecular weight excluding hydrogens is 336 g/mol. The number of hydrogen-bond acceptors (Lipinski definition) is 5. The molecule has 1 fully saturated rings. The minimum Gasteiger partial charge on any atom is -0.461 e. The highest BCUT2D eigenvalue weighted by Crippen LogP contribution is 2.30. The second-order valence-corrected chi connectivity index (χ2v) is 8.16. The van der Waals surface area contributed by atoms with Gasteiger partial charge in [-0.05, 0) is 45.7 Å². The van der Waals surface area contributed by atoms with E-state index in [1.54, 1.807) is 6.26 Å². The van der Waals surface area contributed by atoms with Crippen LogP contribution in [0.5, 0.6) is 0 Å². The lowest BCUT2D eigenvalue weighted by molar-refractivity contribution is -0.121. The highest BCUT2D eigenvalue weighted by atomic mass is 32.2. The summed E-state index contributed by atoms with van der Waals surface area (Å²) in [6.45, 7) is 6.08. The number of aromatic nitrogens is 3. The van der Waals surface area contributed by atoms with Gasteiger partial charge in [-0.2, -0.15) is 0 Å². The molecule has 1 saturated carbocycles. The summed E-state index contributed by atoms with van der Waals surface area (Å²) in [7, 11) is 0. The van der Waals surface area contributed by atoms with Crippen LogP contribution >= 0.6 is 11.8 Å². The van der Waals surface area contributed by atoms with Crippen molar-refractivity contribution < 1.29 is 9.21 Å². The number of nitrogens with one attached hydrogen (secondary N) is 1. The number of thioether (sulfide) groups is 1. The van der Waals surface area contributed by atoms with Crippen molar-refractivity contribution in [3.8, 4) is 11.6 Å². The van der Waals surface area contributed by atoms with Crippen LogP contribution in [-0.2, 0) is 4.79 Å². The Morgan fingerprint density at radius 3 is 2.68 bits per heavy atom. The van der Waals surface area contributed by atoms with Crippen molar-refractivity contribution in [2.24, 2.45) is 0 Å². The monoisotopic (exact) mass is 362 g/mol. The molecule has 1 atom stereocenters. The van der Waals surface area contributed by atoms with Gasteiger partial charge in [-0.3, -0.25) is 9.36 Å². The van der Waals surface area contributed by atoms with Gasteiger partial charge >= 0.3 is 0 Å². The van der Waals surface area contributed by atoms with Crippen molar-refractivity contribution in [1.29, 1.82) is 0 Å². The number of rotatable bonds is 6. The van der Waals surface area contributed by atoms with Gasteiger partial charge in [-0.1, -0.05) is 31.0 Å². The molecule has 0 aliphatic heterocycles. The minimum absolute atomic E-state index is 0.0785. The summed E-state index contributed by atoms with van der Waals surface area (Å²) >= 11 is 1.45. The maximum atomic E-state index is 12.5. The molecule has 136 valence electrons. The molecule has 0 radical (unpaired) electrons. The standard InChI is InChI=1S/C18H26N4O2S/c1-12(2)22-16(15-10-7-11-24-15)20-21-18(22)25-13(3)17(23)19-14-8-5-4-6-9-14/h7,10-14H,4-6,8-9H2,1-3H3,(H,19,23)/t13-/m0/s1. The molecule has 1 aliphatic rings. The average Bonchev–Trinajstić information content (AvgIpc) is 3.24. The molecule has 0 aromatic carbocycles. The first kappa shape index (κ1) is 18.0. The predicted octanol–water partition coefficient (Wildman–Crippen LogP) is 4.05. The van der Waals surface area contributed by atoms with Crippen LogP contribution in [0.15, 0.2) is 28.0 Å². The number of carbonyl (C=O) groups excluding carboxylic acids is 1. The normalized spacial score (nSPS) is 17.0. The topological polar surface area (TPSA) is 73.0 Å². The van der Waals surface area contributed by atoms with E-state index in [0.717, 1.165) is 18.0 Å². The largest absolute Gasteiger partial charge is 0.461 e. The molecule has 1 N–H and O–H groups in total. The Kier molecular flexibility index (Phi) is 5.83. The van der Waals surface area contributed by atoms with E-state index in [1.807, 2.05) is 23.6 Å². The molecule has 1 aliphatic carbocycles. The Hall–Kier alpha value is -1.76. The van der Waals surface area contributed by atoms with Gasteiger partial charge in [-0.15, -0.1) is 10.2 Å². The van der Waals surface area contributed by atoms with Crippen molar-refractivity contribution in [3.05, 3.63) is 18.4 Å². The fourth-order valence-corrected chi connectivity index (χ4v) is 4.16. The molecule has 6 nitrogen and oxygen atoms in total. The molecule has 0 bridgehead atoms. The number of carbonyl (C=O) groups is 1. The molecule has 2 aromatic rings. The molecule has 2 heterocycles. The summed E-state index contributed by atoms with van der Waals surface area (Å²) in [5.41, 5.74) is 0. The van der Waals surface area contributed by atoms with Gasteiger partial charge in [0.15, 0.2) is 10.9 Å². The van der Waals surface area contributed by atoms with Gasteiger partial charge in [0.1, 0.15) is 0 Å². The predicted molar refractivity (Wildman–Crippen MR) is 98.4 cm³/mol. The number of furan rings is 1. The Balaban J connectivity index is 1.70. The smallest absolute Gasteiger partial charge is 0.233 e. The number of hydrogen-bond donors (Lipinski definition) is 1. The molecule has 2 aromatic heterocycles. The molecule has 7 heteroatoms. The van der Waals surface area contributed by atoms with Crippen molar-refractivity contribution >= 4 is 17.7 Å². The molecule has 0 saturated heterocycles. The Morgan fingerprint density at radius 2 is 2.04 bits per heavy atom. The second-order valence-electron chi connectivity index (χ2n) is 6.85. The zero-order valence-electron chi connectivity index (χ0n) is 15.1. The number of nitrogens with zero attached hydrogens (tertiary/aromatic N) is 3. The fourth-order valence-electron chi connectivity index (χ4n) is 3.17. The lowest BCUT2D eigenvalue weighted by Crippen LogP contribution is -2.40. The Bertz CT molecular complexity index is 690. The summed E-state index contributed by atoms with van der Waals surface area (Å²) in [5.74, 6) is 1.46. The van der Waals surface area contributed by atoms with Gasteiger partial charge in [0.25, 0.3) is 0 Å². The zero-order valence-corrected chi connectivity index (χ0v) is 15.9. The number of amides is 1. The van der Waals surface area contributed by atoms with Crippen LogP contribution in [0.4, 0.5) is 0 Å². The summed E-state index contributed by atoms with van der Waals surface area (Å²) in [6.07, 6.45) is 7.51. The average molecular weight is 362 g/mol. The van der Waals surface area contributed by atoms with E-state index < -0.39 is 0 Å². The summed E-state index contributed by atoms with van der Waals surface area (Å²) in [6, 6.07) is 4.20. The maximum absolute atomic E-state index is 12.5. The minimum atomic E-state index is -0.215. The second kappa shape index (κ2) is 8.08. The third kappa shape index (κ3) is 4.26. The maximum Gasteiger partial charge on any atom is 0.233 e. The quantitative estimate of drug-likeness (QED) is 0.785. The van der Waals surface area contributed by atoms with E-state index in [-0.39, 0.29) is 17.2 Å². The van der Waals surface area contributed by atoms with Gasteiger partial charge in [-0.25, -0.2) is 0 Å². The van der Waals surface area contributed by atoms with Crippen LogP contribution in [-0.4, -0.2) is 32.0 Å². The van der Waals surface area contributed by atoms with Gasteiger partial charge in [0.05, 0.1) is 11.5 Å². The van der Waals surface area contributed by atoms with Crippen molar-refractivity contribution in [1.82, 2.24) is 20.1 Å². The van der Waals surface area contributed by atoms with Crippen LogP contribution in [0.3, 0.4) is 0 Å². The van der Waals surface area contributed by atoms with Crippen molar-refractivity contribution in [3.63, 3.8) is 0 Å². The summed E-state index contributed by atoms with van der Waals surface area (Å²) < 4.78 is 7.49. The molecule has 0 spiro atoms. The van der Waals surface area contributed by atoms with Gasteiger partial charge < -0.3 is 9.73 Å². The Labute approximate surface area is 152 Å². The molecule has 0 unspecified atom stereocenters. The molecule has 25 heavy (non-hydrogen) atoms. The van der Waals surface area contributed by atoms with E-state index in [2.05, 4.69) is 29.4 Å². The fraction of sp³-hybridized carbons (Fsp3) is 0.611. The van der Waals surface area contributed by atoms with Gasteiger partial charge in [0, 0.05) is 12.1 Å². The van der Waals surface area contributed by atoms with Crippen LogP contribution < -0.4 is 5.32 Å². The highest BCUT2D eigenvalue weighted by molar-refractivity contribution is 8.00. The molecular formula is C18H26N4O2S. The van der Waals surface area contributed by atoms with Crippen LogP contribution in [0.1, 0.15) is 58.9 Å². The first-order chi connectivity index (χ1) is 12.1. The lowest BCUT2D eigenvalue weighted by atomic mass is 9.95. The van der Waals surface area contributed by atoms with E-state index in [9.17, 15) is 4.79 Å². The first-order valence-corrected chi connectivity index (χ1v) is 9.90. The van der Waals surface area contributed by atoms with Crippen LogP contribution in [0, 0.1) is 0 Å². The third-order valence-corrected chi connectivity index (χ3v) is 5.58. The first-order valence-electron chi connectivity index (χ1n) is 9.02. The molecule has 1 amide bonds. The zero-order chi connectivity index (χ0) is 17.8. The van der Waals surface area contributed by atoms with E-state index in [0.29, 0.717) is 17.6 Å². The van der Waals surface area contributed by atoms with Crippen molar-refractivity contribution in [2.75, 3.05) is 0 Å². The van der Waals surface area contributed by atoms with Crippen LogP contribution in [0.25, 0.3) is 11.6 Å². The van der Waals surface area contributed by atoms with Crippen LogP contribution in [0.2, 0.25) is 0 Å². The third-order valence-electron chi connectivity index (χ3n) is 4.53. The lowest BCUT2D eigenvalue weighted by Gasteiger charge is -2.24.